The van der Waals surface area contributed by atoms with Gasteiger partial charge in [0, 0.05) is 29.6 Å². The van der Waals surface area contributed by atoms with E-state index in [2.05, 4.69) is 23.3 Å². The molecule has 0 aliphatic carbocycles. The molecule has 4 aromatic rings. The maximum Gasteiger partial charge on any atom is 0.161 e. The van der Waals surface area contributed by atoms with E-state index in [1.807, 2.05) is 30.3 Å². The summed E-state index contributed by atoms with van der Waals surface area (Å²) in [6.45, 7) is 9.74. The van der Waals surface area contributed by atoms with E-state index in [1.54, 1.807) is 6.92 Å². The molecule has 0 saturated carbocycles. The predicted molar refractivity (Wildman–Crippen MR) is 109 cm³/mol. The van der Waals surface area contributed by atoms with E-state index >= 15 is 0 Å². The van der Waals surface area contributed by atoms with E-state index in [1.165, 1.54) is 6.26 Å². The first-order chi connectivity index (χ1) is 13.0. The lowest BCUT2D eigenvalue weighted by Gasteiger charge is -2.19. The summed E-state index contributed by atoms with van der Waals surface area (Å²) in [6, 6.07) is 9.77. The highest BCUT2D eigenvalue weighted by Crippen LogP contribution is 2.39. The molecule has 0 radical (unpaired) electrons. The van der Waals surface area contributed by atoms with Crippen molar-refractivity contribution in [2.45, 2.75) is 27.3 Å². The molecule has 2 aromatic carbocycles. The summed E-state index contributed by atoms with van der Waals surface area (Å²) in [5, 5.41) is 12.7. The Morgan fingerprint density at radius 3 is 2.56 bits per heavy atom. The van der Waals surface area contributed by atoms with Crippen LogP contribution in [-0.4, -0.2) is 40.0 Å². The summed E-state index contributed by atoms with van der Waals surface area (Å²) in [7, 11) is 0. The van der Waals surface area contributed by atoms with Crippen molar-refractivity contribution in [3.63, 3.8) is 0 Å². The van der Waals surface area contributed by atoms with E-state index in [-0.39, 0.29) is 11.5 Å². The minimum atomic E-state index is 0.0374. The molecule has 0 unspecified atom stereocenters. The molecule has 0 bridgehead atoms. The number of fused-ring (bicyclic) bond motifs is 5. The molecule has 0 fully saturated rings. The van der Waals surface area contributed by atoms with Crippen LogP contribution in [0.15, 0.2) is 41.0 Å². The second-order valence-corrected chi connectivity index (χ2v) is 6.92. The van der Waals surface area contributed by atoms with Crippen molar-refractivity contribution in [3.8, 4) is 5.75 Å². The number of hydrogen-bond acceptors (Lipinski definition) is 4. The lowest BCUT2D eigenvalue weighted by molar-refractivity contribution is 0.101. The third-order valence-corrected chi connectivity index (χ3v) is 5.49. The van der Waals surface area contributed by atoms with Crippen LogP contribution in [0.5, 0.6) is 5.75 Å². The van der Waals surface area contributed by atoms with Gasteiger partial charge in [0.05, 0.1) is 16.3 Å². The highest BCUT2D eigenvalue weighted by molar-refractivity contribution is 6.20. The molecule has 27 heavy (non-hydrogen) atoms. The maximum atomic E-state index is 11.9. The van der Waals surface area contributed by atoms with Gasteiger partial charge in [-0.3, -0.25) is 4.79 Å². The van der Waals surface area contributed by atoms with Crippen molar-refractivity contribution in [2.24, 2.45) is 0 Å². The monoisotopic (exact) mass is 364 g/mol. The predicted octanol–water partition coefficient (Wildman–Crippen LogP) is 4.79. The topological polar surface area (TPSA) is 58.6 Å². The number of furan rings is 1. The number of benzene rings is 2. The van der Waals surface area contributed by atoms with Crippen LogP contribution in [0, 0.1) is 0 Å². The van der Waals surface area contributed by atoms with Gasteiger partial charge in [-0.05, 0) is 50.3 Å². The zero-order valence-corrected chi connectivity index (χ0v) is 16.0. The SMILES string of the molecule is CCN(CC)CCn1c2ccc(C(C)=O)cc2c2c3occ(O)c3ccc21. The molecule has 5 heteroatoms. The molecule has 0 aliphatic rings. The Kier molecular flexibility index (Phi) is 4.40. The fourth-order valence-electron chi connectivity index (χ4n) is 3.90. The second-order valence-electron chi connectivity index (χ2n) is 6.92. The van der Waals surface area contributed by atoms with Crippen molar-refractivity contribution in [1.29, 1.82) is 0 Å². The van der Waals surface area contributed by atoms with Crippen molar-refractivity contribution >= 4 is 38.6 Å². The lowest BCUT2D eigenvalue weighted by Crippen LogP contribution is -2.26. The summed E-state index contributed by atoms with van der Waals surface area (Å²) in [5.74, 6) is 0.175. The molecule has 1 N–H and O–H groups in total. The van der Waals surface area contributed by atoms with Crippen molar-refractivity contribution in [2.75, 3.05) is 19.6 Å². The highest BCUT2D eigenvalue weighted by atomic mass is 16.4. The van der Waals surface area contributed by atoms with E-state index in [0.29, 0.717) is 16.5 Å². The number of nitrogens with zero attached hydrogens (tertiary/aromatic N) is 2. The maximum absolute atomic E-state index is 11.9. The van der Waals surface area contributed by atoms with Crippen LogP contribution >= 0.6 is 0 Å². The molecule has 0 spiro atoms. The number of carbonyl (C=O) groups excluding carboxylic acids is 1. The molecule has 2 heterocycles. The number of likely N-dealkylation sites (N-methyl/N-ethyl adjacent to an activating group) is 1. The lowest BCUT2D eigenvalue weighted by atomic mass is 10.1. The standard InChI is InChI=1S/C22H24N2O3/c1-4-23(5-2)10-11-24-18-8-6-15(14(3)25)12-17(18)21-19(24)9-7-16-20(26)13-27-22(16)21/h6-9,12-13,26H,4-5,10-11H2,1-3H3. The van der Waals surface area contributed by atoms with Gasteiger partial charge in [0.25, 0.3) is 0 Å². The van der Waals surface area contributed by atoms with Crippen molar-refractivity contribution in [3.05, 3.63) is 42.2 Å². The summed E-state index contributed by atoms with van der Waals surface area (Å²) in [5.41, 5.74) is 3.47. The number of ketones is 1. The van der Waals surface area contributed by atoms with E-state index < -0.39 is 0 Å². The molecule has 4 rings (SSSR count). The largest absolute Gasteiger partial charge is 0.504 e. The van der Waals surface area contributed by atoms with Gasteiger partial charge < -0.3 is 19.0 Å². The average molecular weight is 364 g/mol. The first kappa shape index (κ1) is 17.6. The van der Waals surface area contributed by atoms with Gasteiger partial charge in [0.2, 0.25) is 0 Å². The number of hydrogen-bond donors (Lipinski definition) is 1. The number of carbonyl (C=O) groups is 1. The van der Waals surface area contributed by atoms with Crippen LogP contribution in [0.25, 0.3) is 32.8 Å². The number of Topliss-reactive ketones (excluding diaryl/α,β-unsaturated/α-hetero) is 1. The van der Waals surface area contributed by atoms with Crippen LogP contribution in [0.3, 0.4) is 0 Å². The van der Waals surface area contributed by atoms with Gasteiger partial charge >= 0.3 is 0 Å². The highest BCUT2D eigenvalue weighted by Gasteiger charge is 2.18. The van der Waals surface area contributed by atoms with Crippen LogP contribution in [0.2, 0.25) is 0 Å². The zero-order chi connectivity index (χ0) is 19.1. The van der Waals surface area contributed by atoms with Gasteiger partial charge in [-0.1, -0.05) is 13.8 Å². The smallest absolute Gasteiger partial charge is 0.161 e. The Balaban J connectivity index is 2.00. The Hall–Kier alpha value is -2.79. The number of rotatable bonds is 6. The fourth-order valence-corrected chi connectivity index (χ4v) is 3.90. The van der Waals surface area contributed by atoms with Gasteiger partial charge in [0.1, 0.15) is 11.8 Å². The number of aromatic nitrogens is 1. The van der Waals surface area contributed by atoms with Crippen molar-refractivity contribution < 1.29 is 14.3 Å². The Morgan fingerprint density at radius 1 is 1.11 bits per heavy atom. The molecule has 0 amide bonds. The van der Waals surface area contributed by atoms with Crippen LogP contribution in [0.1, 0.15) is 31.1 Å². The fraction of sp³-hybridized carbons (Fsp3) is 0.318. The molecule has 5 nitrogen and oxygen atoms in total. The molecule has 0 saturated heterocycles. The normalized spacial score (nSPS) is 12.0. The quantitative estimate of drug-likeness (QED) is 0.500. The molecule has 0 atom stereocenters. The molecule has 0 aliphatic heterocycles. The average Bonchev–Trinajstić information content (AvgIpc) is 3.20. The third kappa shape index (κ3) is 2.79. The zero-order valence-electron chi connectivity index (χ0n) is 16.0. The minimum Gasteiger partial charge on any atom is -0.504 e. The Morgan fingerprint density at radius 2 is 1.85 bits per heavy atom. The van der Waals surface area contributed by atoms with Crippen LogP contribution < -0.4 is 0 Å². The molecule has 2 aromatic heterocycles. The van der Waals surface area contributed by atoms with Crippen LogP contribution in [0.4, 0.5) is 0 Å². The minimum absolute atomic E-state index is 0.0374. The van der Waals surface area contributed by atoms with E-state index in [9.17, 15) is 9.90 Å². The molecular weight excluding hydrogens is 340 g/mol. The first-order valence-electron chi connectivity index (χ1n) is 9.43. The van der Waals surface area contributed by atoms with Gasteiger partial charge in [-0.15, -0.1) is 0 Å². The van der Waals surface area contributed by atoms with E-state index in [0.717, 1.165) is 48.0 Å². The van der Waals surface area contributed by atoms with Crippen LogP contribution in [-0.2, 0) is 6.54 Å². The summed E-state index contributed by atoms with van der Waals surface area (Å²) >= 11 is 0. The number of aromatic hydroxyl groups is 1. The van der Waals surface area contributed by atoms with E-state index in [4.69, 9.17) is 4.42 Å². The Labute approximate surface area is 157 Å². The third-order valence-electron chi connectivity index (χ3n) is 5.49. The first-order valence-corrected chi connectivity index (χ1v) is 9.43. The van der Waals surface area contributed by atoms with Gasteiger partial charge in [-0.2, -0.15) is 0 Å². The molecule has 140 valence electrons. The van der Waals surface area contributed by atoms with Gasteiger partial charge in [0.15, 0.2) is 11.5 Å². The summed E-state index contributed by atoms with van der Waals surface area (Å²) < 4.78 is 7.98. The molecular formula is C22H24N2O3. The summed E-state index contributed by atoms with van der Waals surface area (Å²) in [6.07, 6.45) is 1.37. The van der Waals surface area contributed by atoms with Gasteiger partial charge in [-0.25, -0.2) is 0 Å². The second kappa shape index (κ2) is 6.74. The van der Waals surface area contributed by atoms with Crippen molar-refractivity contribution in [1.82, 2.24) is 9.47 Å². The summed E-state index contributed by atoms with van der Waals surface area (Å²) in [4.78, 5) is 14.3. The Bertz CT molecular complexity index is 1150.